The van der Waals surface area contributed by atoms with E-state index in [1.165, 1.54) is 18.1 Å². The second-order valence-corrected chi connectivity index (χ2v) is 15.9. The van der Waals surface area contributed by atoms with Gasteiger partial charge in [-0.3, -0.25) is 14.4 Å². The van der Waals surface area contributed by atoms with Gasteiger partial charge in [0.15, 0.2) is 0 Å². The molecule has 4 saturated carbocycles. The Kier molecular flexibility index (Phi) is 6.69. The first kappa shape index (κ1) is 29.3. The Hall–Kier alpha value is -1.20. The van der Waals surface area contributed by atoms with Crippen LogP contribution in [0.4, 0.5) is 0 Å². The van der Waals surface area contributed by atoms with Crippen LogP contribution in [-0.2, 0) is 19.1 Å². The van der Waals surface area contributed by atoms with E-state index in [0.29, 0.717) is 11.8 Å². The monoisotopic (exact) mass is 559 g/mol. The number of carbonyl (C=O) groups excluding carboxylic acids is 3. The zero-order valence-corrected chi connectivity index (χ0v) is 26.2. The van der Waals surface area contributed by atoms with Crippen molar-refractivity contribution in [3.63, 3.8) is 0 Å². The molecule has 2 N–H and O–H groups in total. The zero-order valence-electron chi connectivity index (χ0n) is 25.5. The van der Waals surface area contributed by atoms with E-state index in [1.807, 2.05) is 0 Å². The third-order valence-electron chi connectivity index (χ3n) is 14.0. The van der Waals surface area contributed by atoms with Crippen molar-refractivity contribution in [3.05, 3.63) is 11.1 Å². The van der Waals surface area contributed by atoms with E-state index in [1.54, 1.807) is 0 Å². The number of esters is 1. The van der Waals surface area contributed by atoms with Gasteiger partial charge < -0.3 is 10.5 Å². The Morgan fingerprint density at radius 3 is 2.10 bits per heavy atom. The molecule has 8 unspecified atom stereocenters. The molecule has 8 atom stereocenters. The lowest BCUT2D eigenvalue weighted by Gasteiger charge is -2.75. The standard InChI is InChI=1S/C33H50ClNO4/c1-19(2)21-11-14-32(26(37)27(34)38)17-15-29(6)22(25(21)32)9-10-23-30(29,7)16-18-33(35)28(4,5)24(39-20(3)36)12-13-31(23,33)8/h19,22-24H,9-18,35H2,1-8H3. The maximum absolute atomic E-state index is 13.5. The van der Waals surface area contributed by atoms with Crippen molar-refractivity contribution < 1.29 is 19.1 Å². The van der Waals surface area contributed by atoms with Crippen LogP contribution in [0.3, 0.4) is 0 Å². The summed E-state index contributed by atoms with van der Waals surface area (Å²) in [6.45, 7) is 17.9. The first-order chi connectivity index (χ1) is 17.9. The molecule has 0 spiro atoms. The smallest absolute Gasteiger partial charge is 0.302 e. The van der Waals surface area contributed by atoms with Crippen LogP contribution in [0.15, 0.2) is 11.1 Å². The quantitative estimate of drug-likeness (QED) is 0.171. The van der Waals surface area contributed by atoms with Gasteiger partial charge in [0.2, 0.25) is 5.78 Å². The zero-order chi connectivity index (χ0) is 29.0. The van der Waals surface area contributed by atoms with Crippen molar-refractivity contribution in [2.75, 3.05) is 0 Å². The second-order valence-electron chi connectivity index (χ2n) is 15.5. The van der Waals surface area contributed by atoms with Crippen molar-refractivity contribution in [1.29, 1.82) is 0 Å². The van der Waals surface area contributed by atoms with Crippen molar-refractivity contribution in [1.82, 2.24) is 0 Å². The summed E-state index contributed by atoms with van der Waals surface area (Å²) in [7, 11) is 0. The molecule has 0 bridgehead atoms. The van der Waals surface area contributed by atoms with Crippen LogP contribution >= 0.6 is 11.6 Å². The lowest BCUT2D eigenvalue weighted by Crippen LogP contribution is -2.77. The number of ether oxygens (including phenoxy) is 1. The molecule has 0 heterocycles. The van der Waals surface area contributed by atoms with Gasteiger partial charge in [0.05, 0.1) is 5.41 Å². The number of Topliss-reactive ketones (excluding diaryl/α,β-unsaturated/α-hetero) is 1. The van der Waals surface area contributed by atoms with Crippen LogP contribution in [-0.4, -0.2) is 28.6 Å². The van der Waals surface area contributed by atoms with E-state index < -0.39 is 16.2 Å². The third kappa shape index (κ3) is 3.50. The molecule has 5 rings (SSSR count). The molecule has 0 aromatic heterocycles. The normalized spacial score (nSPS) is 46.6. The fourth-order valence-corrected chi connectivity index (χ4v) is 11.7. The van der Waals surface area contributed by atoms with Crippen LogP contribution < -0.4 is 5.73 Å². The Bertz CT molecular complexity index is 1140. The molecular weight excluding hydrogens is 510 g/mol. The lowest BCUT2D eigenvalue weighted by atomic mass is 9.31. The molecule has 5 aliphatic rings. The minimum Gasteiger partial charge on any atom is -0.462 e. The van der Waals surface area contributed by atoms with Crippen molar-refractivity contribution >= 4 is 28.6 Å². The highest BCUT2D eigenvalue weighted by molar-refractivity contribution is 6.81. The van der Waals surface area contributed by atoms with Gasteiger partial charge in [-0.25, -0.2) is 0 Å². The van der Waals surface area contributed by atoms with Gasteiger partial charge in [0.25, 0.3) is 5.24 Å². The van der Waals surface area contributed by atoms with E-state index in [0.717, 1.165) is 64.2 Å². The van der Waals surface area contributed by atoms with Crippen molar-refractivity contribution in [2.24, 2.45) is 50.6 Å². The topological polar surface area (TPSA) is 86.5 Å². The predicted molar refractivity (Wildman–Crippen MR) is 154 cm³/mol. The molecule has 0 aromatic carbocycles. The Morgan fingerprint density at radius 2 is 1.51 bits per heavy atom. The van der Waals surface area contributed by atoms with Crippen molar-refractivity contribution in [2.45, 2.75) is 131 Å². The highest BCUT2D eigenvalue weighted by Crippen LogP contribution is 2.77. The predicted octanol–water partition coefficient (Wildman–Crippen LogP) is 7.14. The number of allylic oxidation sites excluding steroid dienone is 2. The van der Waals surface area contributed by atoms with Crippen LogP contribution in [0.25, 0.3) is 0 Å². The Morgan fingerprint density at radius 1 is 0.872 bits per heavy atom. The van der Waals surface area contributed by atoms with E-state index in [2.05, 4.69) is 48.5 Å². The first-order valence-corrected chi connectivity index (χ1v) is 15.7. The maximum Gasteiger partial charge on any atom is 0.302 e. The molecule has 218 valence electrons. The average molecular weight is 560 g/mol. The van der Waals surface area contributed by atoms with Crippen LogP contribution in [0.1, 0.15) is 120 Å². The largest absolute Gasteiger partial charge is 0.462 e. The highest BCUT2D eigenvalue weighted by Gasteiger charge is 2.74. The molecule has 0 aromatic rings. The van der Waals surface area contributed by atoms with Gasteiger partial charge in [0, 0.05) is 17.9 Å². The fraction of sp³-hybridized carbons (Fsp3) is 0.848. The number of hydrogen-bond donors (Lipinski definition) is 1. The van der Waals surface area contributed by atoms with Gasteiger partial charge in [-0.05, 0) is 110 Å². The number of halogens is 1. The van der Waals surface area contributed by atoms with Crippen LogP contribution in [0.2, 0.25) is 0 Å². The minimum absolute atomic E-state index is 0.0100. The van der Waals surface area contributed by atoms with E-state index >= 15 is 0 Å². The summed E-state index contributed by atoms with van der Waals surface area (Å²) in [6.07, 6.45) is 8.90. The lowest BCUT2D eigenvalue weighted by molar-refractivity contribution is -0.241. The van der Waals surface area contributed by atoms with E-state index in [-0.39, 0.29) is 45.4 Å². The summed E-state index contributed by atoms with van der Waals surface area (Å²) in [5, 5.41) is -0.800. The highest BCUT2D eigenvalue weighted by atomic mass is 35.5. The summed E-state index contributed by atoms with van der Waals surface area (Å²) < 4.78 is 5.87. The third-order valence-corrected chi connectivity index (χ3v) is 14.2. The summed E-state index contributed by atoms with van der Waals surface area (Å²) in [6, 6.07) is 0. The number of hydrogen-bond acceptors (Lipinski definition) is 5. The molecule has 5 aliphatic carbocycles. The number of rotatable bonds is 4. The van der Waals surface area contributed by atoms with Gasteiger partial charge in [-0.2, -0.15) is 0 Å². The maximum atomic E-state index is 13.5. The number of ketones is 1. The molecule has 39 heavy (non-hydrogen) atoms. The average Bonchev–Trinajstić information content (AvgIpc) is 3.24. The van der Waals surface area contributed by atoms with Gasteiger partial charge in [-0.15, -0.1) is 0 Å². The summed E-state index contributed by atoms with van der Waals surface area (Å²) in [4.78, 5) is 37.8. The van der Waals surface area contributed by atoms with E-state index in [4.69, 9.17) is 22.1 Å². The minimum atomic E-state index is -0.800. The second kappa shape index (κ2) is 8.90. The first-order valence-electron chi connectivity index (χ1n) is 15.4. The molecule has 0 amide bonds. The fourth-order valence-electron chi connectivity index (χ4n) is 11.5. The van der Waals surface area contributed by atoms with Gasteiger partial charge in [0.1, 0.15) is 6.10 Å². The Labute approximate surface area is 240 Å². The van der Waals surface area contributed by atoms with Gasteiger partial charge >= 0.3 is 5.97 Å². The number of carbonyl (C=O) groups is 3. The molecule has 0 saturated heterocycles. The molecule has 5 nitrogen and oxygen atoms in total. The Balaban J connectivity index is 1.59. The number of fused-ring (bicyclic) bond motifs is 7. The molecule has 0 aliphatic heterocycles. The van der Waals surface area contributed by atoms with Crippen LogP contribution in [0.5, 0.6) is 0 Å². The van der Waals surface area contributed by atoms with E-state index in [9.17, 15) is 14.4 Å². The van der Waals surface area contributed by atoms with Crippen molar-refractivity contribution in [3.8, 4) is 0 Å². The molecule has 4 fully saturated rings. The molecule has 6 heteroatoms. The van der Waals surface area contributed by atoms with Crippen LogP contribution in [0, 0.1) is 44.8 Å². The number of nitrogens with two attached hydrogens (primary N) is 1. The van der Waals surface area contributed by atoms with Gasteiger partial charge in [-0.1, -0.05) is 59.6 Å². The summed E-state index contributed by atoms with van der Waals surface area (Å²) in [5.74, 6) is 0.476. The summed E-state index contributed by atoms with van der Waals surface area (Å²) >= 11 is 5.92. The molecule has 0 radical (unpaired) electrons. The summed E-state index contributed by atoms with van der Waals surface area (Å²) in [5.41, 5.74) is 8.75. The SMILES string of the molecule is CC(=O)OC1CCC2(C)C3CCC4C5=C(C(C)C)CCC5(C(=O)C(=O)Cl)CCC4(C)C3(C)CCC2(N)C1(C)C. The molecular formula is C33H50ClNO4.